The smallest absolute Gasteiger partial charge is 0.278 e. The van der Waals surface area contributed by atoms with Crippen LogP contribution in [-0.2, 0) is 5.60 Å². The van der Waals surface area contributed by atoms with Gasteiger partial charge in [-0.1, -0.05) is 11.2 Å². The van der Waals surface area contributed by atoms with E-state index in [0.29, 0.717) is 18.4 Å². The van der Waals surface area contributed by atoms with Crippen LogP contribution in [-0.4, -0.2) is 29.2 Å². The lowest BCUT2D eigenvalue weighted by Gasteiger charge is -2.16. The molecule has 4 aromatic rings. The normalized spacial score (nSPS) is 15.9. The summed E-state index contributed by atoms with van der Waals surface area (Å²) in [5.41, 5.74) is -0.269. The van der Waals surface area contributed by atoms with Crippen molar-refractivity contribution in [3.63, 3.8) is 0 Å². The molecule has 27 heavy (non-hydrogen) atoms. The monoisotopic (exact) mass is 369 g/mol. The quantitative estimate of drug-likeness (QED) is 0.595. The molecule has 1 aliphatic rings. The van der Waals surface area contributed by atoms with Crippen molar-refractivity contribution in [2.45, 2.75) is 38.3 Å². The summed E-state index contributed by atoms with van der Waals surface area (Å²) in [6, 6.07) is 4.37. The minimum Gasteiger partial charge on any atom is -0.380 e. The van der Waals surface area contributed by atoms with Crippen LogP contribution in [0.15, 0.2) is 33.8 Å². The molecule has 0 saturated heterocycles. The minimum atomic E-state index is -1.07. The zero-order valence-corrected chi connectivity index (χ0v) is 14.7. The predicted molar refractivity (Wildman–Crippen MR) is 93.7 cm³/mol. The van der Waals surface area contributed by atoms with E-state index in [1.54, 1.807) is 12.1 Å². The maximum Gasteiger partial charge on any atom is 0.278 e. The first-order chi connectivity index (χ1) is 12.9. The van der Waals surface area contributed by atoms with Gasteiger partial charge in [0, 0.05) is 6.04 Å². The molecule has 0 atom stereocenters. The maximum absolute atomic E-state index is 14.5. The van der Waals surface area contributed by atoms with Crippen molar-refractivity contribution in [3.8, 4) is 11.5 Å². The van der Waals surface area contributed by atoms with Crippen LogP contribution in [0, 0.1) is 5.82 Å². The molecule has 3 heterocycles. The summed E-state index contributed by atoms with van der Waals surface area (Å²) in [7, 11) is 0. The molecule has 0 spiro atoms. The molecule has 0 amide bonds. The molecule has 1 aliphatic carbocycles. The molecule has 0 bridgehead atoms. The summed E-state index contributed by atoms with van der Waals surface area (Å²) in [4.78, 5) is 21.7. The van der Waals surface area contributed by atoms with Gasteiger partial charge in [-0.25, -0.2) is 9.37 Å². The molecular weight excluding hydrogens is 353 g/mol. The summed E-state index contributed by atoms with van der Waals surface area (Å²) in [6.07, 6.45) is 2.56. The molecule has 0 unspecified atom stereocenters. The van der Waals surface area contributed by atoms with Crippen LogP contribution < -0.4 is 5.56 Å². The lowest BCUT2D eigenvalue weighted by molar-refractivity contribution is 0.108. The molecule has 138 valence electrons. The zero-order valence-electron chi connectivity index (χ0n) is 14.7. The van der Waals surface area contributed by atoms with Crippen molar-refractivity contribution >= 4 is 16.6 Å². The molecule has 1 fully saturated rings. The number of aliphatic hydroxyl groups is 1. The van der Waals surface area contributed by atoms with Gasteiger partial charge >= 0.3 is 0 Å². The third-order valence-electron chi connectivity index (χ3n) is 4.93. The van der Waals surface area contributed by atoms with E-state index in [1.165, 1.54) is 21.4 Å². The summed E-state index contributed by atoms with van der Waals surface area (Å²) >= 11 is 0. The van der Waals surface area contributed by atoms with E-state index in [-0.39, 0.29) is 34.5 Å². The van der Waals surface area contributed by atoms with Crippen LogP contribution in [0.5, 0.6) is 0 Å². The highest BCUT2D eigenvalue weighted by Crippen LogP contribution is 2.44. The SMILES string of the molecule is CC(C)n1c(=O)c2c(-c3noc(C4(O)CC4)n3)ncn2c2cccc(F)c21. The van der Waals surface area contributed by atoms with E-state index in [1.807, 2.05) is 13.8 Å². The predicted octanol–water partition coefficient (Wildman–Crippen LogP) is 2.40. The van der Waals surface area contributed by atoms with Gasteiger partial charge in [0.05, 0.1) is 5.52 Å². The molecule has 8 nitrogen and oxygen atoms in total. The number of para-hydroxylation sites is 1. The number of hydrogen-bond donors (Lipinski definition) is 1. The highest BCUT2D eigenvalue weighted by molar-refractivity contribution is 5.84. The summed E-state index contributed by atoms with van der Waals surface area (Å²) < 4.78 is 22.6. The maximum atomic E-state index is 14.5. The van der Waals surface area contributed by atoms with Crippen molar-refractivity contribution in [3.05, 3.63) is 46.6 Å². The molecule has 1 aromatic carbocycles. The average molecular weight is 369 g/mol. The first kappa shape index (κ1) is 16.1. The fourth-order valence-electron chi connectivity index (χ4n) is 3.39. The first-order valence-corrected chi connectivity index (χ1v) is 8.67. The van der Waals surface area contributed by atoms with Crippen LogP contribution in [0.25, 0.3) is 28.1 Å². The van der Waals surface area contributed by atoms with E-state index >= 15 is 0 Å². The van der Waals surface area contributed by atoms with E-state index in [9.17, 15) is 14.3 Å². The lowest BCUT2D eigenvalue weighted by Crippen LogP contribution is -2.25. The number of fused-ring (bicyclic) bond motifs is 3. The van der Waals surface area contributed by atoms with Crippen LogP contribution >= 0.6 is 0 Å². The van der Waals surface area contributed by atoms with Gasteiger partial charge in [-0.05, 0) is 38.8 Å². The Morgan fingerprint density at radius 3 is 2.78 bits per heavy atom. The second kappa shape index (κ2) is 5.23. The molecule has 5 rings (SSSR count). The highest BCUT2D eigenvalue weighted by atomic mass is 19.1. The van der Waals surface area contributed by atoms with Gasteiger partial charge in [0.25, 0.3) is 11.4 Å². The highest BCUT2D eigenvalue weighted by Gasteiger charge is 2.48. The summed E-state index contributed by atoms with van der Waals surface area (Å²) in [5.74, 6) is -0.237. The minimum absolute atomic E-state index is 0.120. The third-order valence-corrected chi connectivity index (χ3v) is 4.93. The fourth-order valence-corrected chi connectivity index (χ4v) is 3.39. The molecular formula is C18H16FN5O3. The van der Waals surface area contributed by atoms with E-state index < -0.39 is 17.0 Å². The summed E-state index contributed by atoms with van der Waals surface area (Å²) in [6.45, 7) is 3.63. The molecule has 1 N–H and O–H groups in total. The number of imidazole rings is 1. The van der Waals surface area contributed by atoms with Gasteiger partial charge in [0.1, 0.15) is 34.5 Å². The van der Waals surface area contributed by atoms with Gasteiger partial charge in [-0.3, -0.25) is 13.8 Å². The lowest BCUT2D eigenvalue weighted by atomic mass is 10.2. The van der Waals surface area contributed by atoms with E-state index in [2.05, 4.69) is 15.1 Å². The molecule has 9 heteroatoms. The second-order valence-electron chi connectivity index (χ2n) is 7.14. The second-order valence-corrected chi connectivity index (χ2v) is 7.14. The number of nitrogens with zero attached hydrogens (tertiary/aromatic N) is 5. The van der Waals surface area contributed by atoms with Gasteiger partial charge in [0.2, 0.25) is 5.82 Å². The van der Waals surface area contributed by atoms with Crippen molar-refractivity contribution < 1.29 is 14.0 Å². The van der Waals surface area contributed by atoms with Crippen molar-refractivity contribution in [2.24, 2.45) is 0 Å². The molecule has 0 radical (unpaired) electrons. The fraction of sp³-hybridized carbons (Fsp3) is 0.333. The Morgan fingerprint density at radius 2 is 2.07 bits per heavy atom. The Morgan fingerprint density at radius 1 is 1.30 bits per heavy atom. The van der Waals surface area contributed by atoms with Crippen molar-refractivity contribution in [1.29, 1.82) is 0 Å². The van der Waals surface area contributed by atoms with E-state index in [0.717, 1.165) is 0 Å². The zero-order chi connectivity index (χ0) is 18.9. The number of benzene rings is 1. The van der Waals surface area contributed by atoms with Crippen LogP contribution in [0.2, 0.25) is 0 Å². The first-order valence-electron chi connectivity index (χ1n) is 8.67. The summed E-state index contributed by atoms with van der Waals surface area (Å²) in [5, 5.41) is 14.0. The Bertz CT molecular complexity index is 1270. The molecule has 1 saturated carbocycles. The number of hydrogen-bond acceptors (Lipinski definition) is 6. The van der Waals surface area contributed by atoms with Crippen LogP contribution in [0.3, 0.4) is 0 Å². The van der Waals surface area contributed by atoms with Gasteiger partial charge in [-0.15, -0.1) is 0 Å². The number of rotatable bonds is 3. The Kier molecular flexibility index (Phi) is 3.12. The van der Waals surface area contributed by atoms with Crippen LogP contribution in [0.1, 0.15) is 38.6 Å². The number of halogens is 1. The van der Waals surface area contributed by atoms with Gasteiger partial charge in [-0.2, -0.15) is 4.98 Å². The van der Waals surface area contributed by atoms with Crippen molar-refractivity contribution in [2.75, 3.05) is 0 Å². The van der Waals surface area contributed by atoms with Crippen molar-refractivity contribution in [1.82, 2.24) is 24.1 Å². The Labute approximate surface area is 151 Å². The Hall–Kier alpha value is -3.07. The largest absolute Gasteiger partial charge is 0.380 e. The van der Waals surface area contributed by atoms with Crippen LogP contribution in [0.4, 0.5) is 4.39 Å². The molecule has 0 aliphatic heterocycles. The Balaban J connectivity index is 1.85. The van der Waals surface area contributed by atoms with Gasteiger partial charge < -0.3 is 9.63 Å². The standard InChI is InChI=1S/C18H16FN5O3/c1-9(2)24-13-10(19)4-3-5-11(13)23-8-20-12(14(23)16(24)25)15-21-17(27-22-15)18(26)6-7-18/h3-5,8-9,26H,6-7H2,1-2H3. The van der Waals surface area contributed by atoms with Gasteiger partial charge in [0.15, 0.2) is 0 Å². The third kappa shape index (κ3) is 2.18. The molecule has 3 aromatic heterocycles. The topological polar surface area (TPSA) is 98.5 Å². The average Bonchev–Trinajstić information content (AvgIpc) is 3.06. The number of aromatic nitrogens is 5. The van der Waals surface area contributed by atoms with E-state index in [4.69, 9.17) is 4.52 Å².